The maximum absolute atomic E-state index is 13.5. The molecule has 0 radical (unpaired) electrons. The van der Waals surface area contributed by atoms with E-state index >= 15 is 0 Å². The molecule has 5 heteroatoms. The standard InChI is InChI=1S/C16H18F2N2S/c1-9-15(21-10(2)19-9)12-7-11-5-4-6-20(3)14(11)8-13(12)16(17)18/h7-8,16H,4-6H2,1-3H3. The number of thiazole rings is 1. The van der Waals surface area contributed by atoms with Crippen molar-refractivity contribution in [2.45, 2.75) is 33.1 Å². The lowest BCUT2D eigenvalue weighted by Crippen LogP contribution is -2.25. The highest BCUT2D eigenvalue weighted by molar-refractivity contribution is 7.15. The van der Waals surface area contributed by atoms with Crippen molar-refractivity contribution in [3.05, 3.63) is 34.0 Å². The Bertz CT molecular complexity index is 679. The van der Waals surface area contributed by atoms with Gasteiger partial charge in [0.25, 0.3) is 6.43 Å². The molecule has 0 saturated heterocycles. The quantitative estimate of drug-likeness (QED) is 0.796. The van der Waals surface area contributed by atoms with E-state index in [4.69, 9.17) is 0 Å². The Balaban J connectivity index is 2.22. The van der Waals surface area contributed by atoms with Crippen LogP contribution in [0.15, 0.2) is 12.1 Å². The van der Waals surface area contributed by atoms with Gasteiger partial charge in [0.05, 0.1) is 15.6 Å². The molecule has 2 aromatic rings. The van der Waals surface area contributed by atoms with Crippen LogP contribution in [0, 0.1) is 13.8 Å². The normalized spacial score (nSPS) is 14.7. The van der Waals surface area contributed by atoms with E-state index in [1.807, 2.05) is 27.0 Å². The highest BCUT2D eigenvalue weighted by atomic mass is 32.1. The van der Waals surface area contributed by atoms with Crippen molar-refractivity contribution in [3.8, 4) is 10.4 Å². The molecule has 0 spiro atoms. The monoisotopic (exact) mass is 308 g/mol. The second kappa shape index (κ2) is 5.37. The number of nitrogens with zero attached hydrogens (tertiary/aromatic N) is 2. The summed E-state index contributed by atoms with van der Waals surface area (Å²) in [5, 5.41) is 0.914. The molecule has 3 rings (SSSR count). The summed E-state index contributed by atoms with van der Waals surface area (Å²) in [6.45, 7) is 4.72. The van der Waals surface area contributed by atoms with Crippen molar-refractivity contribution >= 4 is 17.0 Å². The molecule has 0 atom stereocenters. The summed E-state index contributed by atoms with van der Waals surface area (Å²) in [4.78, 5) is 7.32. The van der Waals surface area contributed by atoms with Crippen molar-refractivity contribution in [1.29, 1.82) is 0 Å². The zero-order valence-electron chi connectivity index (χ0n) is 12.4. The second-order valence-electron chi connectivity index (χ2n) is 5.54. The molecule has 0 aliphatic carbocycles. The van der Waals surface area contributed by atoms with Gasteiger partial charge in [-0.3, -0.25) is 0 Å². The van der Waals surface area contributed by atoms with Gasteiger partial charge in [-0.15, -0.1) is 11.3 Å². The van der Waals surface area contributed by atoms with Gasteiger partial charge in [0.2, 0.25) is 0 Å². The van der Waals surface area contributed by atoms with Crippen LogP contribution in [0.25, 0.3) is 10.4 Å². The van der Waals surface area contributed by atoms with Crippen LogP contribution in [-0.4, -0.2) is 18.6 Å². The Morgan fingerprint density at radius 1 is 1.29 bits per heavy atom. The highest BCUT2D eigenvalue weighted by Gasteiger charge is 2.23. The predicted molar refractivity (Wildman–Crippen MR) is 83.6 cm³/mol. The molecule has 1 aromatic carbocycles. The topological polar surface area (TPSA) is 16.1 Å². The molecule has 112 valence electrons. The molecule has 0 bridgehead atoms. The molecule has 0 unspecified atom stereocenters. The molecule has 0 fully saturated rings. The zero-order chi connectivity index (χ0) is 15.1. The van der Waals surface area contributed by atoms with Crippen molar-refractivity contribution in [2.75, 3.05) is 18.5 Å². The highest BCUT2D eigenvalue weighted by Crippen LogP contribution is 2.41. The van der Waals surface area contributed by atoms with Crippen LogP contribution in [0.3, 0.4) is 0 Å². The third kappa shape index (κ3) is 2.55. The Hall–Kier alpha value is -1.49. The molecule has 2 heterocycles. The van der Waals surface area contributed by atoms with E-state index in [0.717, 1.165) is 46.2 Å². The molecular weight excluding hydrogens is 290 g/mol. The zero-order valence-corrected chi connectivity index (χ0v) is 13.2. The minimum Gasteiger partial charge on any atom is -0.374 e. The third-order valence-electron chi connectivity index (χ3n) is 3.98. The maximum Gasteiger partial charge on any atom is 0.264 e. The first kappa shape index (κ1) is 14.4. The van der Waals surface area contributed by atoms with E-state index in [2.05, 4.69) is 9.88 Å². The number of rotatable bonds is 2. The van der Waals surface area contributed by atoms with Gasteiger partial charge in [0.15, 0.2) is 0 Å². The average molecular weight is 308 g/mol. The predicted octanol–water partition coefficient (Wildman–Crippen LogP) is 4.75. The lowest BCUT2D eigenvalue weighted by molar-refractivity contribution is 0.152. The minimum absolute atomic E-state index is 0.120. The van der Waals surface area contributed by atoms with E-state index in [1.54, 1.807) is 6.07 Å². The van der Waals surface area contributed by atoms with E-state index in [-0.39, 0.29) is 5.56 Å². The second-order valence-corrected chi connectivity index (χ2v) is 6.74. The van der Waals surface area contributed by atoms with E-state index in [9.17, 15) is 8.78 Å². The Morgan fingerprint density at radius 3 is 2.67 bits per heavy atom. The van der Waals surface area contributed by atoms with Gasteiger partial charge in [-0.2, -0.15) is 0 Å². The summed E-state index contributed by atoms with van der Waals surface area (Å²) in [5.41, 5.74) is 3.72. The lowest BCUT2D eigenvalue weighted by Gasteiger charge is -2.29. The van der Waals surface area contributed by atoms with Gasteiger partial charge in [0.1, 0.15) is 0 Å². The summed E-state index contributed by atoms with van der Waals surface area (Å²) in [6, 6.07) is 3.62. The van der Waals surface area contributed by atoms with Crippen LogP contribution < -0.4 is 4.90 Å². The van der Waals surface area contributed by atoms with Crippen LogP contribution in [0.5, 0.6) is 0 Å². The number of hydrogen-bond acceptors (Lipinski definition) is 3. The SMILES string of the molecule is Cc1nc(C)c(-c2cc3c(cc2C(F)F)N(C)CCC3)s1. The molecule has 2 nitrogen and oxygen atoms in total. The molecular formula is C16H18F2N2S. The van der Waals surface area contributed by atoms with Gasteiger partial charge in [-0.1, -0.05) is 0 Å². The number of benzene rings is 1. The van der Waals surface area contributed by atoms with Crippen LogP contribution in [-0.2, 0) is 6.42 Å². The average Bonchev–Trinajstić information content (AvgIpc) is 2.76. The van der Waals surface area contributed by atoms with Crippen molar-refractivity contribution in [3.63, 3.8) is 0 Å². The first-order valence-corrected chi connectivity index (χ1v) is 7.89. The van der Waals surface area contributed by atoms with Gasteiger partial charge in [-0.05, 0) is 44.4 Å². The summed E-state index contributed by atoms with van der Waals surface area (Å²) in [5.74, 6) is 0. The van der Waals surface area contributed by atoms with Crippen molar-refractivity contribution < 1.29 is 8.78 Å². The molecule has 21 heavy (non-hydrogen) atoms. The molecule has 0 amide bonds. The van der Waals surface area contributed by atoms with E-state index < -0.39 is 6.43 Å². The van der Waals surface area contributed by atoms with Crippen LogP contribution in [0.1, 0.15) is 34.7 Å². The molecule has 0 saturated carbocycles. The summed E-state index contributed by atoms with van der Waals surface area (Å²) >= 11 is 1.49. The molecule has 1 aliphatic rings. The number of aromatic nitrogens is 1. The fraction of sp³-hybridized carbons (Fsp3) is 0.438. The fourth-order valence-corrected chi connectivity index (χ4v) is 3.95. The number of alkyl halides is 2. The van der Waals surface area contributed by atoms with Crippen LogP contribution in [0.2, 0.25) is 0 Å². The Kier molecular flexibility index (Phi) is 3.69. The first-order valence-electron chi connectivity index (χ1n) is 7.08. The number of aryl methyl sites for hydroxylation is 3. The summed E-state index contributed by atoms with van der Waals surface area (Å²) < 4.78 is 27.0. The maximum atomic E-state index is 13.5. The largest absolute Gasteiger partial charge is 0.374 e. The fourth-order valence-electron chi connectivity index (χ4n) is 2.99. The molecule has 0 N–H and O–H groups in total. The van der Waals surface area contributed by atoms with E-state index in [1.165, 1.54) is 11.3 Å². The summed E-state index contributed by atoms with van der Waals surface area (Å²) in [7, 11) is 1.97. The van der Waals surface area contributed by atoms with Crippen LogP contribution in [0.4, 0.5) is 14.5 Å². The van der Waals surface area contributed by atoms with Crippen molar-refractivity contribution in [1.82, 2.24) is 4.98 Å². The first-order chi connectivity index (χ1) is 9.97. The smallest absolute Gasteiger partial charge is 0.264 e. The van der Waals surface area contributed by atoms with Gasteiger partial charge >= 0.3 is 0 Å². The van der Waals surface area contributed by atoms with Crippen molar-refractivity contribution in [2.24, 2.45) is 0 Å². The Morgan fingerprint density at radius 2 is 2.05 bits per heavy atom. The Labute approximate surface area is 127 Å². The minimum atomic E-state index is -2.47. The number of hydrogen-bond donors (Lipinski definition) is 0. The van der Waals surface area contributed by atoms with E-state index in [0.29, 0.717) is 5.56 Å². The van der Waals surface area contributed by atoms with Gasteiger partial charge in [0, 0.05) is 30.4 Å². The lowest BCUT2D eigenvalue weighted by atomic mass is 9.94. The molecule has 1 aliphatic heterocycles. The molecule has 1 aromatic heterocycles. The summed E-state index contributed by atoms with van der Waals surface area (Å²) in [6.07, 6.45) is -0.451. The number of fused-ring (bicyclic) bond motifs is 1. The van der Waals surface area contributed by atoms with Crippen LogP contribution >= 0.6 is 11.3 Å². The third-order valence-corrected chi connectivity index (χ3v) is 5.09. The number of halogens is 2. The van der Waals surface area contributed by atoms with Gasteiger partial charge < -0.3 is 4.90 Å². The number of anilines is 1. The van der Waals surface area contributed by atoms with Gasteiger partial charge in [-0.25, -0.2) is 13.8 Å².